The molecular formula is C18H20N6O2. The number of aromatic nitrogens is 4. The zero-order valence-corrected chi connectivity index (χ0v) is 14.8. The summed E-state index contributed by atoms with van der Waals surface area (Å²) in [5.74, 6) is 1.22. The molecule has 0 spiro atoms. The summed E-state index contributed by atoms with van der Waals surface area (Å²) in [6.45, 7) is 5.27. The summed E-state index contributed by atoms with van der Waals surface area (Å²) in [6, 6.07) is 3.77. The van der Waals surface area contributed by atoms with Crippen LogP contribution in [0.4, 0.5) is 11.6 Å². The van der Waals surface area contributed by atoms with E-state index < -0.39 is 0 Å². The Morgan fingerprint density at radius 2 is 2.19 bits per heavy atom. The maximum atomic E-state index is 12.7. The monoisotopic (exact) mass is 352 g/mol. The van der Waals surface area contributed by atoms with Gasteiger partial charge in [0.15, 0.2) is 0 Å². The lowest BCUT2D eigenvalue weighted by Crippen LogP contribution is -2.41. The maximum absolute atomic E-state index is 12.7. The minimum Gasteiger partial charge on any atom is -0.355 e. The number of nitrogens with one attached hydrogen (secondary N) is 1. The molecule has 0 aromatic carbocycles. The third kappa shape index (κ3) is 3.10. The highest BCUT2D eigenvalue weighted by Crippen LogP contribution is 2.29. The fraction of sp³-hybridized carbons (Fsp3) is 0.389. The third-order valence-electron chi connectivity index (χ3n) is 4.68. The number of aryl methyl sites for hydroxylation is 2. The number of carbonyl (C=O) groups is 1. The molecule has 134 valence electrons. The van der Waals surface area contributed by atoms with Gasteiger partial charge in [-0.15, -0.1) is 0 Å². The Morgan fingerprint density at radius 1 is 1.31 bits per heavy atom. The molecule has 1 aliphatic heterocycles. The number of amides is 1. The van der Waals surface area contributed by atoms with Crippen LogP contribution < -0.4 is 10.2 Å². The lowest BCUT2D eigenvalue weighted by Gasteiger charge is -2.32. The Bertz CT molecular complexity index is 954. The van der Waals surface area contributed by atoms with Crippen molar-refractivity contribution in [3.05, 3.63) is 35.9 Å². The summed E-state index contributed by atoms with van der Waals surface area (Å²) >= 11 is 0. The SMILES string of the molecule is Cc1ccnc(NC(=O)[C@H]2CCCN(c3ncnc4onc(C)c34)C2)c1. The Balaban J connectivity index is 1.53. The molecule has 0 unspecified atom stereocenters. The normalized spacial score (nSPS) is 17.5. The van der Waals surface area contributed by atoms with Crippen molar-refractivity contribution in [2.45, 2.75) is 26.7 Å². The smallest absolute Gasteiger partial charge is 0.263 e. The van der Waals surface area contributed by atoms with Crippen molar-refractivity contribution >= 4 is 28.6 Å². The van der Waals surface area contributed by atoms with Crippen molar-refractivity contribution in [1.82, 2.24) is 20.1 Å². The Hall–Kier alpha value is -3.03. The average molecular weight is 352 g/mol. The highest BCUT2D eigenvalue weighted by atomic mass is 16.5. The van der Waals surface area contributed by atoms with E-state index in [4.69, 9.17) is 4.52 Å². The van der Waals surface area contributed by atoms with Crippen molar-refractivity contribution in [2.75, 3.05) is 23.3 Å². The minimum atomic E-state index is -0.128. The van der Waals surface area contributed by atoms with Crippen LogP contribution in [0.15, 0.2) is 29.2 Å². The van der Waals surface area contributed by atoms with Crippen LogP contribution in [0, 0.1) is 19.8 Å². The van der Waals surface area contributed by atoms with Gasteiger partial charge >= 0.3 is 0 Å². The number of nitrogens with zero attached hydrogens (tertiary/aromatic N) is 5. The van der Waals surface area contributed by atoms with Crippen molar-refractivity contribution < 1.29 is 9.32 Å². The molecule has 4 rings (SSSR count). The fourth-order valence-electron chi connectivity index (χ4n) is 3.36. The molecule has 1 aliphatic rings. The number of pyridine rings is 1. The lowest BCUT2D eigenvalue weighted by molar-refractivity contribution is -0.120. The molecule has 26 heavy (non-hydrogen) atoms. The van der Waals surface area contributed by atoms with E-state index in [0.717, 1.165) is 41.8 Å². The molecule has 0 aliphatic carbocycles. The summed E-state index contributed by atoms with van der Waals surface area (Å²) in [4.78, 5) is 27.6. The predicted octanol–water partition coefficient (Wildman–Crippen LogP) is 2.48. The van der Waals surface area contributed by atoms with Crippen LogP contribution >= 0.6 is 0 Å². The van der Waals surface area contributed by atoms with Gasteiger partial charge in [0.1, 0.15) is 23.3 Å². The van der Waals surface area contributed by atoms with Crippen LogP contribution in [0.25, 0.3) is 11.1 Å². The van der Waals surface area contributed by atoms with Crippen LogP contribution in [0.3, 0.4) is 0 Å². The van der Waals surface area contributed by atoms with E-state index in [1.807, 2.05) is 26.0 Å². The highest BCUT2D eigenvalue weighted by molar-refractivity contribution is 5.93. The minimum absolute atomic E-state index is 0.0138. The van der Waals surface area contributed by atoms with Crippen molar-refractivity contribution in [2.24, 2.45) is 5.92 Å². The quantitative estimate of drug-likeness (QED) is 0.773. The third-order valence-corrected chi connectivity index (χ3v) is 4.68. The summed E-state index contributed by atoms with van der Waals surface area (Å²) in [5, 5.41) is 7.72. The number of hydrogen-bond acceptors (Lipinski definition) is 7. The first-order valence-corrected chi connectivity index (χ1v) is 8.67. The van der Waals surface area contributed by atoms with E-state index in [1.165, 1.54) is 6.33 Å². The van der Waals surface area contributed by atoms with Gasteiger partial charge in [0.2, 0.25) is 5.91 Å². The van der Waals surface area contributed by atoms with Crippen LogP contribution in [-0.4, -0.2) is 39.1 Å². The number of rotatable bonds is 3. The van der Waals surface area contributed by atoms with Crippen LogP contribution in [0.5, 0.6) is 0 Å². The first-order chi connectivity index (χ1) is 12.6. The molecule has 0 radical (unpaired) electrons. The Kier molecular flexibility index (Phi) is 4.24. The largest absolute Gasteiger partial charge is 0.355 e. The number of piperidine rings is 1. The summed E-state index contributed by atoms with van der Waals surface area (Å²) < 4.78 is 5.23. The van der Waals surface area contributed by atoms with Crippen molar-refractivity contribution in [1.29, 1.82) is 0 Å². The number of hydrogen-bond donors (Lipinski definition) is 1. The second-order valence-corrected chi connectivity index (χ2v) is 6.64. The molecule has 1 N–H and O–H groups in total. The van der Waals surface area contributed by atoms with Crippen LogP contribution in [-0.2, 0) is 4.79 Å². The fourth-order valence-corrected chi connectivity index (χ4v) is 3.36. The Morgan fingerprint density at radius 3 is 3.04 bits per heavy atom. The van der Waals surface area contributed by atoms with Gasteiger partial charge in [-0.1, -0.05) is 5.16 Å². The van der Waals surface area contributed by atoms with Crippen molar-refractivity contribution in [3.8, 4) is 0 Å². The van der Waals surface area contributed by atoms with E-state index in [-0.39, 0.29) is 11.8 Å². The van der Waals surface area contributed by atoms with Gasteiger partial charge in [0, 0.05) is 19.3 Å². The van der Waals surface area contributed by atoms with Crippen LogP contribution in [0.2, 0.25) is 0 Å². The molecule has 1 fully saturated rings. The highest BCUT2D eigenvalue weighted by Gasteiger charge is 2.28. The molecule has 8 heteroatoms. The van der Waals surface area contributed by atoms with Gasteiger partial charge in [-0.25, -0.2) is 9.97 Å². The maximum Gasteiger partial charge on any atom is 0.263 e. The molecule has 4 heterocycles. The average Bonchev–Trinajstić information content (AvgIpc) is 3.03. The first kappa shape index (κ1) is 16.4. The van der Waals surface area contributed by atoms with E-state index in [0.29, 0.717) is 18.1 Å². The second-order valence-electron chi connectivity index (χ2n) is 6.64. The number of carbonyl (C=O) groups excluding carboxylic acids is 1. The van der Waals surface area contributed by atoms with Gasteiger partial charge < -0.3 is 14.7 Å². The molecule has 8 nitrogen and oxygen atoms in total. The summed E-state index contributed by atoms with van der Waals surface area (Å²) in [5.41, 5.74) is 2.29. The van der Waals surface area contributed by atoms with E-state index in [2.05, 4.69) is 30.3 Å². The summed E-state index contributed by atoms with van der Waals surface area (Å²) in [6.07, 6.45) is 4.92. The molecule has 3 aromatic heterocycles. The van der Waals surface area contributed by atoms with Gasteiger partial charge in [-0.2, -0.15) is 4.98 Å². The molecular weight excluding hydrogens is 332 g/mol. The van der Waals surface area contributed by atoms with E-state index in [9.17, 15) is 4.79 Å². The van der Waals surface area contributed by atoms with Gasteiger partial charge in [0.05, 0.1) is 11.6 Å². The van der Waals surface area contributed by atoms with Crippen LogP contribution in [0.1, 0.15) is 24.1 Å². The molecule has 1 atom stereocenters. The van der Waals surface area contributed by atoms with E-state index >= 15 is 0 Å². The Labute approximate surface area is 150 Å². The topological polar surface area (TPSA) is 97.0 Å². The van der Waals surface area contributed by atoms with Gasteiger partial charge in [-0.05, 0) is 44.4 Å². The van der Waals surface area contributed by atoms with Gasteiger partial charge in [-0.3, -0.25) is 4.79 Å². The number of fused-ring (bicyclic) bond motifs is 1. The van der Waals surface area contributed by atoms with E-state index in [1.54, 1.807) is 6.20 Å². The molecule has 1 saturated heterocycles. The predicted molar refractivity (Wildman–Crippen MR) is 96.9 cm³/mol. The zero-order valence-electron chi connectivity index (χ0n) is 14.8. The van der Waals surface area contributed by atoms with Crippen molar-refractivity contribution in [3.63, 3.8) is 0 Å². The number of anilines is 2. The standard InChI is InChI=1S/C18H20N6O2/c1-11-5-6-19-14(8-11)22-17(25)13-4-3-7-24(9-13)16-15-12(2)23-26-18(15)21-10-20-16/h5-6,8,10,13H,3-4,7,9H2,1-2H3,(H,19,22,25)/t13-/m0/s1. The first-order valence-electron chi connectivity index (χ1n) is 8.67. The van der Waals surface area contributed by atoms with Gasteiger partial charge in [0.25, 0.3) is 5.71 Å². The zero-order chi connectivity index (χ0) is 18.1. The molecule has 3 aromatic rings. The lowest BCUT2D eigenvalue weighted by atomic mass is 9.97. The molecule has 1 amide bonds. The molecule has 0 saturated carbocycles. The second kappa shape index (κ2) is 6.70. The molecule has 0 bridgehead atoms. The summed E-state index contributed by atoms with van der Waals surface area (Å²) in [7, 11) is 0.